The molecule has 0 aliphatic heterocycles. The zero-order valence-electron chi connectivity index (χ0n) is 9.27. The lowest BCUT2D eigenvalue weighted by Gasteiger charge is -2.14. The number of nitrogens with two attached hydrogens (primary N) is 1. The average molecular weight is 225 g/mol. The Kier molecular flexibility index (Phi) is 4.28. The number of hydrogen-bond donors (Lipinski definition) is 2. The molecule has 3 N–H and O–H groups in total. The second-order valence-electron chi connectivity index (χ2n) is 3.21. The van der Waals surface area contributed by atoms with E-state index in [4.69, 9.17) is 15.2 Å². The first-order valence-electron chi connectivity index (χ1n) is 4.77. The van der Waals surface area contributed by atoms with Gasteiger partial charge >= 0.3 is 0 Å². The molecular weight excluding hydrogens is 210 g/mol. The van der Waals surface area contributed by atoms with Crippen molar-refractivity contribution < 1.29 is 19.4 Å². The van der Waals surface area contributed by atoms with Crippen molar-refractivity contribution in [1.82, 2.24) is 0 Å². The molecular formula is C11H15NO4. The quantitative estimate of drug-likeness (QED) is 0.713. The molecule has 5 nitrogen and oxygen atoms in total. The smallest absolute Gasteiger partial charge is 0.171 e. The Hall–Kier alpha value is -1.59. The minimum atomic E-state index is -0.821. The van der Waals surface area contributed by atoms with Gasteiger partial charge in [-0.2, -0.15) is 0 Å². The van der Waals surface area contributed by atoms with Crippen LogP contribution in [0, 0.1) is 0 Å². The van der Waals surface area contributed by atoms with Gasteiger partial charge in [0, 0.05) is 6.54 Å². The Labute approximate surface area is 93.8 Å². The standard InChI is InChI=1S/C11H15NO4/c1-15-10-4-7(9(14)5-12)3-8(6-13)11(10)16-2/h3-4,6,9,14H,5,12H2,1-2H3. The molecule has 88 valence electrons. The molecule has 0 amide bonds. The fraction of sp³-hybridized carbons (Fsp3) is 0.364. The van der Waals surface area contributed by atoms with Crippen LogP contribution in [0.3, 0.4) is 0 Å². The number of rotatable bonds is 5. The summed E-state index contributed by atoms with van der Waals surface area (Å²) in [4.78, 5) is 10.9. The fourth-order valence-corrected chi connectivity index (χ4v) is 1.43. The van der Waals surface area contributed by atoms with Gasteiger partial charge in [-0.1, -0.05) is 0 Å². The van der Waals surface area contributed by atoms with Crippen molar-refractivity contribution in [2.75, 3.05) is 20.8 Å². The molecule has 0 bridgehead atoms. The van der Waals surface area contributed by atoms with Gasteiger partial charge in [0.25, 0.3) is 0 Å². The molecule has 1 aromatic carbocycles. The number of aldehydes is 1. The number of methoxy groups -OCH3 is 2. The molecule has 1 rings (SSSR count). The first-order valence-corrected chi connectivity index (χ1v) is 4.77. The summed E-state index contributed by atoms with van der Waals surface area (Å²) >= 11 is 0. The molecule has 16 heavy (non-hydrogen) atoms. The lowest BCUT2D eigenvalue weighted by molar-refractivity contribution is 0.111. The van der Waals surface area contributed by atoms with Crippen LogP contribution in [0.2, 0.25) is 0 Å². The SMILES string of the molecule is COc1cc(C(O)CN)cc(C=O)c1OC. The van der Waals surface area contributed by atoms with Crippen LogP contribution < -0.4 is 15.2 Å². The highest BCUT2D eigenvalue weighted by Crippen LogP contribution is 2.33. The van der Waals surface area contributed by atoms with E-state index in [1.54, 1.807) is 6.07 Å². The van der Waals surface area contributed by atoms with Crippen LogP contribution >= 0.6 is 0 Å². The molecule has 0 saturated carbocycles. The molecule has 0 aliphatic carbocycles. The summed E-state index contributed by atoms with van der Waals surface area (Å²) in [5, 5.41) is 9.60. The van der Waals surface area contributed by atoms with Gasteiger partial charge < -0.3 is 20.3 Å². The van der Waals surface area contributed by atoms with E-state index in [1.165, 1.54) is 20.3 Å². The lowest BCUT2D eigenvalue weighted by atomic mass is 10.0. The van der Waals surface area contributed by atoms with Crippen molar-refractivity contribution in [3.8, 4) is 11.5 Å². The minimum absolute atomic E-state index is 0.0772. The van der Waals surface area contributed by atoms with Gasteiger partial charge in [0.15, 0.2) is 17.8 Å². The number of aliphatic hydroxyl groups is 1. The molecule has 0 saturated heterocycles. The van der Waals surface area contributed by atoms with E-state index in [0.717, 1.165) is 0 Å². The van der Waals surface area contributed by atoms with Crippen molar-refractivity contribution in [3.63, 3.8) is 0 Å². The number of hydrogen-bond acceptors (Lipinski definition) is 5. The van der Waals surface area contributed by atoms with E-state index in [9.17, 15) is 9.90 Å². The third kappa shape index (κ3) is 2.32. The van der Waals surface area contributed by atoms with Crippen LogP contribution in [0.5, 0.6) is 11.5 Å². The Morgan fingerprint density at radius 3 is 2.56 bits per heavy atom. The van der Waals surface area contributed by atoms with E-state index >= 15 is 0 Å². The molecule has 0 heterocycles. The third-order valence-corrected chi connectivity index (χ3v) is 2.26. The minimum Gasteiger partial charge on any atom is -0.493 e. The Morgan fingerprint density at radius 1 is 1.44 bits per heavy atom. The molecule has 1 atom stereocenters. The molecule has 0 aromatic heterocycles. The van der Waals surface area contributed by atoms with Gasteiger partial charge in [0.1, 0.15) is 0 Å². The molecule has 1 unspecified atom stereocenters. The summed E-state index contributed by atoms with van der Waals surface area (Å²) in [6.07, 6.45) is -0.174. The van der Waals surface area contributed by atoms with Gasteiger partial charge in [-0.25, -0.2) is 0 Å². The fourth-order valence-electron chi connectivity index (χ4n) is 1.43. The molecule has 0 aliphatic rings. The van der Waals surface area contributed by atoms with Gasteiger partial charge in [-0.05, 0) is 17.7 Å². The number of carbonyl (C=O) groups excluding carboxylic acids is 1. The van der Waals surface area contributed by atoms with E-state index in [2.05, 4.69) is 0 Å². The summed E-state index contributed by atoms with van der Waals surface area (Å²) in [6, 6.07) is 3.13. The summed E-state index contributed by atoms with van der Waals surface area (Å²) in [5.74, 6) is 0.750. The number of ether oxygens (including phenoxy) is 2. The monoisotopic (exact) mass is 225 g/mol. The summed E-state index contributed by atoms with van der Waals surface area (Å²) in [6.45, 7) is 0.0772. The van der Waals surface area contributed by atoms with Crippen molar-refractivity contribution in [2.45, 2.75) is 6.10 Å². The lowest BCUT2D eigenvalue weighted by Crippen LogP contribution is -2.12. The predicted octanol–water partition coefficient (Wildman–Crippen LogP) is 0.508. The first kappa shape index (κ1) is 12.5. The molecule has 5 heteroatoms. The van der Waals surface area contributed by atoms with E-state index in [0.29, 0.717) is 28.9 Å². The maximum atomic E-state index is 10.9. The van der Waals surface area contributed by atoms with E-state index in [-0.39, 0.29) is 6.54 Å². The molecule has 0 radical (unpaired) electrons. The highest BCUT2D eigenvalue weighted by molar-refractivity contribution is 5.81. The third-order valence-electron chi connectivity index (χ3n) is 2.26. The summed E-state index contributed by atoms with van der Waals surface area (Å²) < 4.78 is 10.1. The van der Waals surface area contributed by atoms with E-state index in [1.807, 2.05) is 0 Å². The zero-order valence-corrected chi connectivity index (χ0v) is 9.27. The number of aliphatic hydroxyl groups excluding tert-OH is 1. The highest BCUT2D eigenvalue weighted by Gasteiger charge is 2.15. The summed E-state index contributed by atoms with van der Waals surface area (Å²) in [7, 11) is 2.91. The first-order chi connectivity index (χ1) is 7.67. The molecule has 1 aromatic rings. The second-order valence-corrected chi connectivity index (χ2v) is 3.21. The zero-order chi connectivity index (χ0) is 12.1. The maximum absolute atomic E-state index is 10.9. The highest BCUT2D eigenvalue weighted by atomic mass is 16.5. The van der Waals surface area contributed by atoms with Crippen LogP contribution in [0.15, 0.2) is 12.1 Å². The van der Waals surface area contributed by atoms with Crippen molar-refractivity contribution in [2.24, 2.45) is 5.73 Å². The maximum Gasteiger partial charge on any atom is 0.171 e. The molecule has 0 fully saturated rings. The van der Waals surface area contributed by atoms with Crippen molar-refractivity contribution in [1.29, 1.82) is 0 Å². The normalized spacial score (nSPS) is 12.0. The van der Waals surface area contributed by atoms with Gasteiger partial charge in [-0.3, -0.25) is 4.79 Å². The largest absolute Gasteiger partial charge is 0.493 e. The number of carbonyl (C=O) groups is 1. The van der Waals surface area contributed by atoms with Crippen molar-refractivity contribution in [3.05, 3.63) is 23.3 Å². The average Bonchev–Trinajstić information content (AvgIpc) is 2.35. The van der Waals surface area contributed by atoms with Gasteiger partial charge in [0.05, 0.1) is 25.9 Å². The summed E-state index contributed by atoms with van der Waals surface area (Å²) in [5.41, 5.74) is 6.20. The topological polar surface area (TPSA) is 81.8 Å². The van der Waals surface area contributed by atoms with Crippen LogP contribution in [0.1, 0.15) is 22.0 Å². The Morgan fingerprint density at radius 2 is 2.12 bits per heavy atom. The van der Waals surface area contributed by atoms with Crippen LogP contribution in [0.4, 0.5) is 0 Å². The van der Waals surface area contributed by atoms with E-state index < -0.39 is 6.10 Å². The molecule has 0 spiro atoms. The predicted molar refractivity (Wildman–Crippen MR) is 58.9 cm³/mol. The van der Waals surface area contributed by atoms with Gasteiger partial charge in [-0.15, -0.1) is 0 Å². The van der Waals surface area contributed by atoms with Gasteiger partial charge in [0.2, 0.25) is 0 Å². The number of benzene rings is 1. The Bertz CT molecular complexity index is 378. The van der Waals surface area contributed by atoms with Crippen LogP contribution in [-0.4, -0.2) is 32.2 Å². The second kappa shape index (κ2) is 5.48. The van der Waals surface area contributed by atoms with Crippen LogP contribution in [0.25, 0.3) is 0 Å². The van der Waals surface area contributed by atoms with Crippen LogP contribution in [-0.2, 0) is 0 Å². The van der Waals surface area contributed by atoms with Crippen molar-refractivity contribution >= 4 is 6.29 Å². The Balaban J connectivity index is 3.31.